The highest BCUT2D eigenvalue weighted by atomic mass is 16.7. The zero-order chi connectivity index (χ0) is 31.9. The van der Waals surface area contributed by atoms with Gasteiger partial charge in [0.1, 0.15) is 62.0 Å². The molecule has 244 valence electrons. The van der Waals surface area contributed by atoms with E-state index in [1.54, 1.807) is 0 Å². The number of rotatable bonds is 12. The number of hydrogen-bond donors (Lipinski definition) is 7. The number of aliphatic hydroxyl groups is 7. The molecule has 2 aromatic carbocycles. The molecule has 0 amide bonds. The van der Waals surface area contributed by atoms with Crippen LogP contribution in [-0.4, -0.2) is 125 Å². The van der Waals surface area contributed by atoms with E-state index in [2.05, 4.69) is 15.0 Å². The maximum Gasteiger partial charge on any atom is 0.328 e. The van der Waals surface area contributed by atoms with Gasteiger partial charge in [0.15, 0.2) is 6.29 Å². The van der Waals surface area contributed by atoms with Gasteiger partial charge in [0, 0.05) is 0 Å². The highest BCUT2D eigenvalue weighted by Crippen LogP contribution is 2.27. The molecule has 10 atom stereocenters. The molecule has 3 aromatic rings. The molecular weight excluding hydrogens is 598 g/mol. The van der Waals surface area contributed by atoms with E-state index in [0.29, 0.717) is 0 Å². The molecule has 2 aliphatic heterocycles. The number of nitrogens with zero attached hydrogens (tertiary/aromatic N) is 3. The van der Waals surface area contributed by atoms with Crippen LogP contribution in [0.25, 0.3) is 0 Å². The van der Waals surface area contributed by atoms with Gasteiger partial charge in [-0.2, -0.15) is 0 Å². The van der Waals surface area contributed by atoms with Crippen molar-refractivity contribution in [1.82, 2.24) is 15.0 Å². The molecule has 16 heteroatoms. The average Bonchev–Trinajstić information content (AvgIpc) is 3.06. The lowest BCUT2D eigenvalue weighted by Crippen LogP contribution is -2.62. The second kappa shape index (κ2) is 15.2. The molecule has 1 aromatic heterocycles. The Labute approximate surface area is 257 Å². The van der Waals surface area contributed by atoms with Crippen molar-refractivity contribution in [2.45, 2.75) is 74.6 Å². The van der Waals surface area contributed by atoms with Gasteiger partial charge in [0.2, 0.25) is 6.29 Å². The fourth-order valence-electron chi connectivity index (χ4n) is 4.60. The quantitative estimate of drug-likeness (QED) is 0.115. The second-order valence-corrected chi connectivity index (χ2v) is 10.4. The van der Waals surface area contributed by atoms with Gasteiger partial charge in [-0.25, -0.2) is 0 Å². The van der Waals surface area contributed by atoms with Gasteiger partial charge >= 0.3 is 18.0 Å². The first-order valence-corrected chi connectivity index (χ1v) is 14.1. The first-order valence-electron chi connectivity index (χ1n) is 14.1. The number of aromatic nitrogens is 3. The van der Waals surface area contributed by atoms with Crippen molar-refractivity contribution < 1.29 is 64.2 Å². The van der Waals surface area contributed by atoms with Gasteiger partial charge in [-0.1, -0.05) is 60.7 Å². The lowest BCUT2D eigenvalue weighted by Gasteiger charge is -2.42. The van der Waals surface area contributed by atoms with Crippen molar-refractivity contribution in [1.29, 1.82) is 0 Å². The maximum absolute atomic E-state index is 10.6. The fourth-order valence-corrected chi connectivity index (χ4v) is 4.60. The third kappa shape index (κ3) is 8.19. The van der Waals surface area contributed by atoms with E-state index in [0.717, 1.165) is 11.1 Å². The Kier molecular flexibility index (Phi) is 11.1. The summed E-state index contributed by atoms with van der Waals surface area (Å²) in [6.07, 6.45) is -16.0. The molecule has 16 nitrogen and oxygen atoms in total. The maximum atomic E-state index is 10.6. The van der Waals surface area contributed by atoms with Gasteiger partial charge in [-0.05, 0) is 11.1 Å². The number of benzene rings is 2. The first-order chi connectivity index (χ1) is 21.7. The summed E-state index contributed by atoms with van der Waals surface area (Å²) < 4.78 is 33.5. The molecule has 2 aliphatic rings. The van der Waals surface area contributed by atoms with Crippen LogP contribution in [0.5, 0.6) is 18.0 Å². The van der Waals surface area contributed by atoms with E-state index in [1.807, 2.05) is 60.7 Å². The molecule has 5 rings (SSSR count). The van der Waals surface area contributed by atoms with Crippen LogP contribution in [0.1, 0.15) is 11.1 Å². The summed E-state index contributed by atoms with van der Waals surface area (Å²) in [5, 5.41) is 71.3. The zero-order valence-electron chi connectivity index (χ0n) is 23.8. The van der Waals surface area contributed by atoms with Crippen molar-refractivity contribution in [2.75, 3.05) is 13.2 Å². The van der Waals surface area contributed by atoms with Crippen LogP contribution in [0, 0.1) is 0 Å². The van der Waals surface area contributed by atoms with Crippen molar-refractivity contribution >= 4 is 0 Å². The third-order valence-corrected chi connectivity index (χ3v) is 7.16. The van der Waals surface area contributed by atoms with E-state index < -0.39 is 80.6 Å². The smallest absolute Gasteiger partial charge is 0.328 e. The summed E-state index contributed by atoms with van der Waals surface area (Å²) in [6.45, 7) is -1.00. The Morgan fingerprint density at radius 2 is 1.02 bits per heavy atom. The third-order valence-electron chi connectivity index (χ3n) is 7.16. The Balaban J connectivity index is 1.29. The van der Waals surface area contributed by atoms with Crippen molar-refractivity contribution in [3.8, 4) is 18.0 Å². The van der Waals surface area contributed by atoms with Crippen molar-refractivity contribution in [3.63, 3.8) is 0 Å². The van der Waals surface area contributed by atoms with E-state index in [9.17, 15) is 35.7 Å². The molecule has 2 saturated heterocycles. The summed E-state index contributed by atoms with van der Waals surface area (Å²) in [5.41, 5.74) is 1.66. The number of ether oxygens (including phenoxy) is 6. The SMILES string of the molecule is OC[C@H]1O[C@H](OC[C@H]2OC(Oc3nc(OCc4ccccc4)nc(OCc4ccccc4)n3)[C@H](O)[C@@H](O)[C@@H]2O)[C@H](O)[C@@H](O)[C@H]1O. The standard InChI is InChI=1S/C29H35N3O13/c33-11-17-19(34)21(36)23(38)25(43-17)40-14-18-20(35)22(37)24(39)26(44-18)45-29-31-27(41-12-15-7-3-1-4-8-15)30-28(32-29)42-13-16-9-5-2-6-10-16/h1-10,17-26,33-39H,11-14H2/t17-,18-,19+,20-,21+,22+,23-,24-,25+,26?/m1/s1. The number of aliphatic hydroxyl groups excluding tert-OH is 7. The van der Waals surface area contributed by atoms with E-state index in [4.69, 9.17) is 28.4 Å². The first kappa shape index (κ1) is 32.8. The molecule has 0 aliphatic carbocycles. The van der Waals surface area contributed by atoms with Crippen molar-refractivity contribution in [3.05, 3.63) is 71.8 Å². The van der Waals surface area contributed by atoms with E-state index in [1.165, 1.54) is 0 Å². The predicted molar refractivity (Wildman–Crippen MR) is 148 cm³/mol. The molecule has 0 bridgehead atoms. The normalized spacial score (nSPS) is 31.7. The van der Waals surface area contributed by atoms with Gasteiger partial charge in [0.25, 0.3) is 0 Å². The highest BCUT2D eigenvalue weighted by Gasteiger charge is 2.48. The molecule has 0 spiro atoms. The number of hydrogen-bond acceptors (Lipinski definition) is 16. The zero-order valence-corrected chi connectivity index (χ0v) is 23.8. The summed E-state index contributed by atoms with van der Waals surface area (Å²) >= 11 is 0. The Morgan fingerprint density at radius 3 is 1.56 bits per heavy atom. The Hall–Kier alpha value is -3.55. The summed E-state index contributed by atoms with van der Waals surface area (Å²) in [7, 11) is 0. The minimum absolute atomic E-state index is 0.104. The lowest BCUT2D eigenvalue weighted by molar-refractivity contribution is -0.323. The van der Waals surface area contributed by atoms with Crippen LogP contribution in [0.15, 0.2) is 60.7 Å². The molecule has 2 fully saturated rings. The van der Waals surface area contributed by atoms with Gasteiger partial charge < -0.3 is 64.2 Å². The molecular formula is C29H35N3O13. The molecule has 7 N–H and O–H groups in total. The van der Waals surface area contributed by atoms with Gasteiger partial charge in [-0.3, -0.25) is 0 Å². The Bertz CT molecular complexity index is 1280. The van der Waals surface area contributed by atoms with E-state index in [-0.39, 0.29) is 25.2 Å². The van der Waals surface area contributed by atoms with Crippen LogP contribution in [0.2, 0.25) is 0 Å². The topological polar surface area (TPSA) is 236 Å². The monoisotopic (exact) mass is 633 g/mol. The largest absolute Gasteiger partial charge is 0.458 e. The lowest BCUT2D eigenvalue weighted by atomic mass is 9.98. The van der Waals surface area contributed by atoms with Gasteiger partial charge in [0.05, 0.1) is 13.2 Å². The highest BCUT2D eigenvalue weighted by molar-refractivity contribution is 5.17. The molecule has 0 saturated carbocycles. The molecule has 3 heterocycles. The Morgan fingerprint density at radius 1 is 0.556 bits per heavy atom. The minimum atomic E-state index is -1.78. The summed E-state index contributed by atoms with van der Waals surface area (Å²) in [4.78, 5) is 12.4. The van der Waals surface area contributed by atoms with Crippen LogP contribution in [0.3, 0.4) is 0 Å². The average molecular weight is 634 g/mol. The molecule has 1 unspecified atom stereocenters. The van der Waals surface area contributed by atoms with Crippen LogP contribution in [-0.2, 0) is 27.4 Å². The second-order valence-electron chi connectivity index (χ2n) is 10.4. The fraction of sp³-hybridized carbons (Fsp3) is 0.483. The van der Waals surface area contributed by atoms with Crippen LogP contribution >= 0.6 is 0 Å². The van der Waals surface area contributed by atoms with E-state index >= 15 is 0 Å². The minimum Gasteiger partial charge on any atom is -0.458 e. The van der Waals surface area contributed by atoms with Gasteiger partial charge in [-0.15, -0.1) is 15.0 Å². The predicted octanol–water partition coefficient (Wildman–Crippen LogP) is -1.97. The summed E-state index contributed by atoms with van der Waals surface area (Å²) in [6, 6.07) is 17.7. The molecule has 45 heavy (non-hydrogen) atoms. The molecule has 0 radical (unpaired) electrons. The van der Waals surface area contributed by atoms with Crippen LogP contribution < -0.4 is 14.2 Å². The van der Waals surface area contributed by atoms with Crippen LogP contribution in [0.4, 0.5) is 0 Å². The summed E-state index contributed by atoms with van der Waals surface area (Å²) in [5.74, 6) is 0. The van der Waals surface area contributed by atoms with Crippen molar-refractivity contribution in [2.24, 2.45) is 0 Å².